The van der Waals surface area contributed by atoms with Gasteiger partial charge < -0.3 is 5.32 Å². The van der Waals surface area contributed by atoms with Crippen LogP contribution in [0.5, 0.6) is 0 Å². The van der Waals surface area contributed by atoms with Gasteiger partial charge in [-0.05, 0) is 25.6 Å². The van der Waals surface area contributed by atoms with Crippen molar-refractivity contribution in [3.8, 4) is 12.3 Å². The molecule has 1 rings (SSSR count). The summed E-state index contributed by atoms with van der Waals surface area (Å²) in [7, 11) is 1.92. The Hall–Kier alpha value is -1.33. The lowest BCUT2D eigenvalue weighted by molar-refractivity contribution is 0.649. The van der Waals surface area contributed by atoms with Crippen molar-refractivity contribution in [3.63, 3.8) is 0 Å². The second-order valence-electron chi connectivity index (χ2n) is 2.63. The normalized spacial score (nSPS) is 12.1. The van der Waals surface area contributed by atoms with Gasteiger partial charge in [0.1, 0.15) is 5.69 Å². The van der Waals surface area contributed by atoms with Crippen molar-refractivity contribution in [1.29, 1.82) is 0 Å². The van der Waals surface area contributed by atoms with Gasteiger partial charge in [-0.3, -0.25) is 0 Å². The molecule has 0 amide bonds. The van der Waals surface area contributed by atoms with E-state index in [2.05, 4.69) is 23.1 Å². The van der Waals surface area contributed by atoms with Crippen LogP contribution in [-0.4, -0.2) is 12.0 Å². The van der Waals surface area contributed by atoms with Gasteiger partial charge >= 0.3 is 0 Å². The molecule has 2 heteroatoms. The van der Waals surface area contributed by atoms with Gasteiger partial charge in [-0.15, -0.1) is 6.42 Å². The Balaban J connectivity index is 2.86. The molecule has 0 bridgehead atoms. The summed E-state index contributed by atoms with van der Waals surface area (Å²) in [5.41, 5.74) is 1.83. The molecule has 0 aliphatic heterocycles. The second-order valence-corrected chi connectivity index (χ2v) is 2.63. The van der Waals surface area contributed by atoms with Gasteiger partial charge in [-0.1, -0.05) is 12.0 Å². The van der Waals surface area contributed by atoms with Crippen molar-refractivity contribution in [2.75, 3.05) is 7.05 Å². The van der Waals surface area contributed by atoms with E-state index in [0.29, 0.717) is 11.7 Å². The SMILES string of the molecule is C#Cc1ccc(C(C)NC)cn1. The van der Waals surface area contributed by atoms with Crippen LogP contribution in [0, 0.1) is 12.3 Å². The third kappa shape index (κ3) is 1.84. The highest BCUT2D eigenvalue weighted by Crippen LogP contribution is 2.09. The summed E-state index contributed by atoms with van der Waals surface area (Å²) in [6, 6.07) is 4.16. The van der Waals surface area contributed by atoms with Crippen molar-refractivity contribution in [2.24, 2.45) is 0 Å². The molecular formula is C10H12N2. The molecule has 1 unspecified atom stereocenters. The molecule has 12 heavy (non-hydrogen) atoms. The average Bonchev–Trinajstić information content (AvgIpc) is 2.17. The van der Waals surface area contributed by atoms with Crippen molar-refractivity contribution in [1.82, 2.24) is 10.3 Å². The molecule has 1 heterocycles. The Morgan fingerprint density at radius 3 is 2.75 bits per heavy atom. The molecule has 0 saturated heterocycles. The van der Waals surface area contributed by atoms with Crippen LogP contribution in [0.15, 0.2) is 18.3 Å². The van der Waals surface area contributed by atoms with E-state index in [4.69, 9.17) is 6.42 Å². The standard InChI is InChI=1S/C10H12N2/c1-4-10-6-5-9(7-12-10)8(2)11-3/h1,5-8,11H,2-3H3. The minimum atomic E-state index is 0.323. The van der Waals surface area contributed by atoms with Crippen LogP contribution in [0.4, 0.5) is 0 Å². The van der Waals surface area contributed by atoms with Crippen molar-refractivity contribution in [3.05, 3.63) is 29.6 Å². The third-order valence-corrected chi connectivity index (χ3v) is 1.87. The van der Waals surface area contributed by atoms with E-state index in [1.165, 1.54) is 0 Å². The minimum Gasteiger partial charge on any atom is -0.313 e. The molecule has 1 aromatic heterocycles. The molecule has 2 nitrogen and oxygen atoms in total. The highest BCUT2D eigenvalue weighted by Gasteiger charge is 2.00. The predicted octanol–water partition coefficient (Wildman–Crippen LogP) is 1.34. The van der Waals surface area contributed by atoms with Gasteiger partial charge in [0.05, 0.1) is 0 Å². The van der Waals surface area contributed by atoms with Crippen LogP contribution >= 0.6 is 0 Å². The van der Waals surface area contributed by atoms with Gasteiger partial charge in [0.15, 0.2) is 0 Å². The largest absolute Gasteiger partial charge is 0.313 e. The second kappa shape index (κ2) is 3.89. The zero-order valence-corrected chi connectivity index (χ0v) is 7.33. The van der Waals surface area contributed by atoms with Gasteiger partial charge in [0, 0.05) is 12.2 Å². The van der Waals surface area contributed by atoms with Crippen LogP contribution in [0.1, 0.15) is 24.2 Å². The summed E-state index contributed by atoms with van der Waals surface area (Å²) >= 11 is 0. The van der Waals surface area contributed by atoms with Crippen molar-refractivity contribution < 1.29 is 0 Å². The van der Waals surface area contributed by atoms with E-state index >= 15 is 0 Å². The first-order valence-electron chi connectivity index (χ1n) is 3.87. The number of nitrogens with one attached hydrogen (secondary N) is 1. The smallest absolute Gasteiger partial charge is 0.112 e. The predicted molar refractivity (Wildman–Crippen MR) is 49.6 cm³/mol. The Bertz CT molecular complexity index is 282. The molecule has 0 radical (unpaired) electrons. The van der Waals surface area contributed by atoms with Crippen molar-refractivity contribution in [2.45, 2.75) is 13.0 Å². The quantitative estimate of drug-likeness (QED) is 0.660. The van der Waals surface area contributed by atoms with Crippen LogP contribution in [0.3, 0.4) is 0 Å². The zero-order valence-electron chi connectivity index (χ0n) is 7.33. The molecule has 0 spiro atoms. The van der Waals surface area contributed by atoms with Crippen LogP contribution in [0.2, 0.25) is 0 Å². The molecule has 1 aromatic rings. The Morgan fingerprint density at radius 1 is 1.58 bits per heavy atom. The number of hydrogen-bond acceptors (Lipinski definition) is 2. The molecule has 0 aliphatic rings. The summed E-state index contributed by atoms with van der Waals surface area (Å²) in [6.45, 7) is 2.08. The van der Waals surface area contributed by atoms with Crippen LogP contribution in [-0.2, 0) is 0 Å². The van der Waals surface area contributed by atoms with Gasteiger partial charge in [-0.25, -0.2) is 4.98 Å². The van der Waals surface area contributed by atoms with E-state index in [0.717, 1.165) is 5.56 Å². The first-order chi connectivity index (χ1) is 5.77. The number of hydrogen-bond donors (Lipinski definition) is 1. The topological polar surface area (TPSA) is 24.9 Å². The summed E-state index contributed by atoms with van der Waals surface area (Å²) in [6.07, 6.45) is 6.98. The van der Waals surface area contributed by atoms with Crippen LogP contribution in [0.25, 0.3) is 0 Å². The third-order valence-electron chi connectivity index (χ3n) is 1.87. The van der Waals surface area contributed by atoms with Gasteiger partial charge in [-0.2, -0.15) is 0 Å². The first-order valence-corrected chi connectivity index (χ1v) is 3.87. The average molecular weight is 160 g/mol. The Morgan fingerprint density at radius 2 is 2.33 bits per heavy atom. The zero-order chi connectivity index (χ0) is 8.97. The molecule has 0 aliphatic carbocycles. The maximum Gasteiger partial charge on any atom is 0.112 e. The summed E-state index contributed by atoms with van der Waals surface area (Å²) in [5, 5.41) is 3.13. The molecule has 0 fully saturated rings. The molecule has 62 valence electrons. The number of terminal acetylenes is 1. The van der Waals surface area contributed by atoms with Crippen molar-refractivity contribution >= 4 is 0 Å². The first kappa shape index (κ1) is 8.76. The van der Waals surface area contributed by atoms with E-state index in [-0.39, 0.29) is 0 Å². The molecule has 0 saturated carbocycles. The van der Waals surface area contributed by atoms with Gasteiger partial charge in [0.25, 0.3) is 0 Å². The maximum absolute atomic E-state index is 5.18. The number of rotatable bonds is 2. The molecule has 1 atom stereocenters. The van der Waals surface area contributed by atoms with Gasteiger partial charge in [0.2, 0.25) is 0 Å². The lowest BCUT2D eigenvalue weighted by atomic mass is 10.1. The monoisotopic (exact) mass is 160 g/mol. The summed E-state index contributed by atoms with van der Waals surface area (Å²) in [4.78, 5) is 4.09. The minimum absolute atomic E-state index is 0.323. The Labute approximate surface area is 73.0 Å². The van der Waals surface area contributed by atoms with Crippen LogP contribution < -0.4 is 5.32 Å². The van der Waals surface area contributed by atoms with E-state index in [9.17, 15) is 0 Å². The fourth-order valence-corrected chi connectivity index (χ4v) is 0.913. The molecular weight excluding hydrogens is 148 g/mol. The van der Waals surface area contributed by atoms with E-state index in [1.54, 1.807) is 6.20 Å². The fourth-order valence-electron chi connectivity index (χ4n) is 0.913. The molecule has 1 N–H and O–H groups in total. The highest BCUT2D eigenvalue weighted by atomic mass is 14.9. The summed E-state index contributed by atoms with van der Waals surface area (Å²) < 4.78 is 0. The van der Waals surface area contributed by atoms with E-state index < -0.39 is 0 Å². The fraction of sp³-hybridized carbons (Fsp3) is 0.300. The van der Waals surface area contributed by atoms with E-state index in [1.807, 2.05) is 19.2 Å². The number of nitrogens with zero attached hydrogens (tertiary/aromatic N) is 1. The maximum atomic E-state index is 5.18. The lowest BCUT2D eigenvalue weighted by Crippen LogP contribution is -2.12. The Kier molecular flexibility index (Phi) is 2.84. The number of pyridine rings is 1. The highest BCUT2D eigenvalue weighted by molar-refractivity contribution is 5.27. The summed E-state index contributed by atoms with van der Waals surface area (Å²) in [5.74, 6) is 2.48. The lowest BCUT2D eigenvalue weighted by Gasteiger charge is -2.08. The molecule has 0 aromatic carbocycles. The number of aromatic nitrogens is 1.